The van der Waals surface area contributed by atoms with Crippen LogP contribution >= 0.6 is 0 Å². The molecule has 2 aromatic rings. The fourth-order valence-corrected chi connectivity index (χ4v) is 5.46. The summed E-state index contributed by atoms with van der Waals surface area (Å²) < 4.78 is 10.8. The van der Waals surface area contributed by atoms with Crippen molar-refractivity contribution in [2.24, 2.45) is 5.92 Å². The number of methoxy groups -OCH3 is 1. The molecule has 0 unspecified atom stereocenters. The summed E-state index contributed by atoms with van der Waals surface area (Å²) in [4.78, 5) is 12.5. The van der Waals surface area contributed by atoms with Crippen molar-refractivity contribution in [2.75, 3.05) is 13.7 Å². The fraction of sp³-hybridized carbons (Fsp3) is 0.381. The van der Waals surface area contributed by atoms with Gasteiger partial charge in [0.15, 0.2) is 0 Å². The molecule has 1 N–H and O–H groups in total. The van der Waals surface area contributed by atoms with Gasteiger partial charge in [-0.05, 0) is 0 Å². The number of aliphatic hydroxyl groups is 1. The summed E-state index contributed by atoms with van der Waals surface area (Å²) in [7, 11) is 1.37. The zero-order chi connectivity index (χ0) is 19.0. The molecule has 0 aromatic heterocycles. The first kappa shape index (κ1) is 20.7. The summed E-state index contributed by atoms with van der Waals surface area (Å²) in [6.45, 7) is 4.53. The fourth-order valence-electron chi connectivity index (χ4n) is 2.73. The molecule has 2 aromatic carbocycles. The predicted octanol–water partition coefficient (Wildman–Crippen LogP) is 2.58. The summed E-state index contributed by atoms with van der Waals surface area (Å²) in [6.07, 6.45) is -0.856. The summed E-state index contributed by atoms with van der Waals surface area (Å²) in [5.41, 5.74) is 1.08. The minimum atomic E-state index is -0.974. The predicted molar refractivity (Wildman–Crippen MR) is 103 cm³/mol. The second kappa shape index (κ2) is 9.88. The molecule has 4 nitrogen and oxygen atoms in total. The molecule has 0 heterocycles. The van der Waals surface area contributed by atoms with Crippen LogP contribution in [-0.2, 0) is 20.9 Å². The van der Waals surface area contributed by atoms with E-state index >= 15 is 0 Å². The number of hydrogen-bond donors (Lipinski definition) is 1. The molecule has 2 rings (SSSR count). The first-order valence-electron chi connectivity index (χ1n) is 8.59. The number of rotatable bonds is 9. The molecule has 0 fully saturated rings. The Morgan fingerprint density at radius 2 is 1.69 bits per heavy atom. The van der Waals surface area contributed by atoms with E-state index in [2.05, 4.69) is 0 Å². The van der Waals surface area contributed by atoms with Crippen LogP contribution in [0, 0.1) is 5.92 Å². The van der Waals surface area contributed by atoms with Crippen LogP contribution in [0.1, 0.15) is 19.4 Å². The SMILES string of the molecule is COC(=O)[C@@](C)([Se]c1ccccc1)[C@H](O)[C@@H](C)COCc1ccccc1. The van der Waals surface area contributed by atoms with Crippen LogP contribution < -0.4 is 4.46 Å². The van der Waals surface area contributed by atoms with Crippen LogP contribution in [-0.4, -0.2) is 45.9 Å². The van der Waals surface area contributed by atoms with Crippen molar-refractivity contribution in [2.45, 2.75) is 30.9 Å². The van der Waals surface area contributed by atoms with E-state index in [-0.39, 0.29) is 26.8 Å². The number of carbonyl (C=O) groups is 1. The minimum absolute atomic E-state index is 0.201. The van der Waals surface area contributed by atoms with E-state index < -0.39 is 10.4 Å². The van der Waals surface area contributed by atoms with Gasteiger partial charge in [-0.25, -0.2) is 0 Å². The van der Waals surface area contributed by atoms with Crippen molar-refractivity contribution in [3.05, 3.63) is 66.2 Å². The van der Waals surface area contributed by atoms with E-state index in [4.69, 9.17) is 9.47 Å². The van der Waals surface area contributed by atoms with Gasteiger partial charge in [-0.2, -0.15) is 0 Å². The molecule has 0 aliphatic rings. The van der Waals surface area contributed by atoms with Crippen molar-refractivity contribution in [1.29, 1.82) is 0 Å². The Labute approximate surface area is 161 Å². The quantitative estimate of drug-likeness (QED) is 0.500. The van der Waals surface area contributed by atoms with Crippen LogP contribution in [0.4, 0.5) is 0 Å². The Kier molecular flexibility index (Phi) is 7.85. The van der Waals surface area contributed by atoms with E-state index in [0.29, 0.717) is 13.2 Å². The molecule has 0 amide bonds. The van der Waals surface area contributed by atoms with E-state index in [1.807, 2.05) is 67.6 Å². The van der Waals surface area contributed by atoms with Crippen molar-refractivity contribution in [3.8, 4) is 0 Å². The average molecular weight is 421 g/mol. The van der Waals surface area contributed by atoms with E-state index in [1.165, 1.54) is 7.11 Å². The standard InChI is InChI=1S/C21H26O4Se/c1-16(14-25-15-17-10-6-4-7-11-17)19(22)21(2,20(23)24-3)26-18-12-8-5-9-13-18/h4-13,16,19,22H,14-15H2,1-3H3/t16-,19+,21-/m0/s1. The van der Waals surface area contributed by atoms with Gasteiger partial charge in [-0.15, -0.1) is 0 Å². The Bertz CT molecular complexity index is 677. The van der Waals surface area contributed by atoms with Gasteiger partial charge in [0.1, 0.15) is 0 Å². The third-order valence-corrected chi connectivity index (χ3v) is 7.07. The average Bonchev–Trinajstić information content (AvgIpc) is 2.68. The van der Waals surface area contributed by atoms with E-state index in [9.17, 15) is 9.90 Å². The summed E-state index contributed by atoms with van der Waals surface area (Å²) in [6, 6.07) is 19.7. The van der Waals surface area contributed by atoms with Crippen LogP contribution in [0.25, 0.3) is 0 Å². The Balaban J connectivity index is 2.02. The Morgan fingerprint density at radius 3 is 2.27 bits per heavy atom. The first-order valence-corrected chi connectivity index (χ1v) is 10.3. The van der Waals surface area contributed by atoms with Gasteiger partial charge in [-0.1, -0.05) is 0 Å². The van der Waals surface area contributed by atoms with Gasteiger partial charge in [0.05, 0.1) is 0 Å². The number of esters is 1. The zero-order valence-electron chi connectivity index (χ0n) is 15.4. The molecular weight excluding hydrogens is 395 g/mol. The molecule has 0 aliphatic carbocycles. The second-order valence-electron chi connectivity index (χ2n) is 6.44. The van der Waals surface area contributed by atoms with Gasteiger partial charge in [0.25, 0.3) is 0 Å². The normalized spacial score (nSPS) is 15.7. The topological polar surface area (TPSA) is 55.8 Å². The summed E-state index contributed by atoms with van der Waals surface area (Å²) in [5, 5.41) is 10.9. The molecular formula is C21H26O4Se. The van der Waals surface area contributed by atoms with Gasteiger partial charge in [0.2, 0.25) is 0 Å². The second-order valence-corrected chi connectivity index (χ2v) is 9.63. The number of carbonyl (C=O) groups excluding carboxylic acids is 1. The number of aliphatic hydroxyl groups excluding tert-OH is 1. The molecule has 140 valence electrons. The molecule has 0 saturated heterocycles. The molecule has 0 bridgehead atoms. The number of hydrogen-bond acceptors (Lipinski definition) is 4. The van der Waals surface area contributed by atoms with Crippen molar-refractivity contribution < 1.29 is 19.4 Å². The molecule has 0 spiro atoms. The monoisotopic (exact) mass is 422 g/mol. The molecule has 26 heavy (non-hydrogen) atoms. The van der Waals surface area contributed by atoms with Crippen molar-refractivity contribution in [1.82, 2.24) is 0 Å². The Morgan fingerprint density at radius 1 is 1.12 bits per heavy atom. The van der Waals surface area contributed by atoms with Gasteiger partial charge in [-0.3, -0.25) is 0 Å². The van der Waals surface area contributed by atoms with Gasteiger partial charge >= 0.3 is 161 Å². The molecule has 0 radical (unpaired) electrons. The maximum atomic E-state index is 12.5. The summed E-state index contributed by atoms with van der Waals surface area (Å²) in [5.74, 6) is -0.586. The number of benzene rings is 2. The third-order valence-electron chi connectivity index (χ3n) is 4.26. The van der Waals surface area contributed by atoms with Crippen LogP contribution in [0.5, 0.6) is 0 Å². The van der Waals surface area contributed by atoms with Crippen molar-refractivity contribution in [3.63, 3.8) is 0 Å². The first-order chi connectivity index (χ1) is 12.5. The summed E-state index contributed by atoms with van der Waals surface area (Å²) >= 11 is -0.269. The van der Waals surface area contributed by atoms with Gasteiger partial charge < -0.3 is 0 Å². The van der Waals surface area contributed by atoms with E-state index in [1.54, 1.807) is 6.92 Å². The number of ether oxygens (including phenoxy) is 2. The van der Waals surface area contributed by atoms with Crippen LogP contribution in [0.2, 0.25) is 4.31 Å². The van der Waals surface area contributed by atoms with Crippen LogP contribution in [0.15, 0.2) is 60.7 Å². The van der Waals surface area contributed by atoms with Crippen molar-refractivity contribution >= 4 is 25.4 Å². The Hall–Kier alpha value is -1.65. The molecule has 3 atom stereocenters. The van der Waals surface area contributed by atoms with Gasteiger partial charge in [0, 0.05) is 0 Å². The molecule has 5 heteroatoms. The van der Waals surface area contributed by atoms with Crippen LogP contribution in [0.3, 0.4) is 0 Å². The molecule has 0 aliphatic heterocycles. The maximum absolute atomic E-state index is 12.5. The third kappa shape index (κ3) is 5.42. The zero-order valence-corrected chi connectivity index (χ0v) is 17.1. The van der Waals surface area contributed by atoms with E-state index in [0.717, 1.165) is 10.0 Å². The molecule has 0 saturated carbocycles.